The number of halogens is 2. The van der Waals surface area contributed by atoms with Gasteiger partial charge in [-0.3, -0.25) is 14.4 Å². The first-order valence-electron chi connectivity index (χ1n) is 13.6. The number of urea groups is 1. The molecule has 5 amide bonds. The molecule has 1 fully saturated rings. The molecule has 0 spiro atoms. The lowest BCUT2D eigenvalue weighted by molar-refractivity contribution is -0.130. The molecule has 232 valence electrons. The summed E-state index contributed by atoms with van der Waals surface area (Å²) in [7, 11) is -2.58. The molecule has 3 heterocycles. The number of carbonyl (C=O) groups excluding carboxylic acids is 4. The number of imide groups is 1. The van der Waals surface area contributed by atoms with E-state index in [1.807, 2.05) is 0 Å². The quantitative estimate of drug-likeness (QED) is 0.200. The van der Waals surface area contributed by atoms with Crippen LogP contribution in [-0.4, -0.2) is 70.3 Å². The minimum atomic E-state index is -4.23. The largest absolute Gasteiger partial charge is 0.388 e. The third-order valence-electron chi connectivity index (χ3n) is 7.23. The van der Waals surface area contributed by atoms with Crippen LogP contribution in [0, 0.1) is 5.82 Å². The molecule has 0 bridgehead atoms. The summed E-state index contributed by atoms with van der Waals surface area (Å²) in [6, 6.07) is 9.13. The fraction of sp³-hybridized carbons (Fsp3) is 0.286. The van der Waals surface area contributed by atoms with Gasteiger partial charge in [-0.15, -0.1) is 11.3 Å². The predicted molar refractivity (Wildman–Crippen MR) is 164 cm³/mol. The minimum absolute atomic E-state index is 0.0585. The van der Waals surface area contributed by atoms with E-state index in [0.29, 0.717) is 23.7 Å². The first kappa shape index (κ1) is 31.4. The minimum Gasteiger partial charge on any atom is -0.388 e. The number of amides is 5. The smallest absolute Gasteiger partial charge is 0.333 e. The Kier molecular flexibility index (Phi) is 9.20. The van der Waals surface area contributed by atoms with Crippen LogP contribution in [-0.2, 0) is 19.6 Å². The van der Waals surface area contributed by atoms with Gasteiger partial charge in [0.15, 0.2) is 0 Å². The van der Waals surface area contributed by atoms with Gasteiger partial charge in [-0.2, -0.15) is 0 Å². The topological polar surface area (TPSA) is 157 Å². The maximum absolute atomic E-state index is 15.5. The highest BCUT2D eigenvalue weighted by molar-refractivity contribution is 7.92. The maximum atomic E-state index is 15.5. The maximum Gasteiger partial charge on any atom is 0.333 e. The van der Waals surface area contributed by atoms with Gasteiger partial charge in [0.1, 0.15) is 15.9 Å². The summed E-state index contributed by atoms with van der Waals surface area (Å²) < 4.78 is 42.1. The number of likely N-dealkylation sites (tertiary alicyclic amines) is 1. The van der Waals surface area contributed by atoms with E-state index in [-0.39, 0.29) is 25.4 Å². The highest BCUT2D eigenvalue weighted by atomic mass is 35.5. The molecule has 3 aromatic rings. The summed E-state index contributed by atoms with van der Waals surface area (Å²) in [4.78, 5) is 55.8. The van der Waals surface area contributed by atoms with Crippen molar-refractivity contribution in [2.45, 2.75) is 23.0 Å². The van der Waals surface area contributed by atoms with Gasteiger partial charge >= 0.3 is 6.03 Å². The van der Waals surface area contributed by atoms with Gasteiger partial charge in [-0.25, -0.2) is 27.2 Å². The van der Waals surface area contributed by atoms with Crippen LogP contribution in [0.3, 0.4) is 0 Å². The zero-order valence-corrected chi connectivity index (χ0v) is 25.7. The Morgan fingerprint density at radius 1 is 1.05 bits per heavy atom. The summed E-state index contributed by atoms with van der Waals surface area (Å²) >= 11 is 6.51. The van der Waals surface area contributed by atoms with E-state index in [4.69, 9.17) is 11.6 Å². The average Bonchev–Trinajstić information content (AvgIpc) is 3.66. The first-order chi connectivity index (χ1) is 21.0. The van der Waals surface area contributed by atoms with Crippen molar-refractivity contribution in [2.75, 3.05) is 48.8 Å². The van der Waals surface area contributed by atoms with Crippen molar-refractivity contribution in [3.63, 3.8) is 0 Å². The van der Waals surface area contributed by atoms with Gasteiger partial charge in [-0.05, 0) is 80.0 Å². The molecule has 16 heteroatoms. The van der Waals surface area contributed by atoms with Gasteiger partial charge in [-0.1, -0.05) is 11.6 Å². The Hall–Kier alpha value is -4.05. The number of carbonyl (C=O) groups is 4. The molecule has 2 aliphatic rings. The molecular weight excluding hydrogens is 635 g/mol. The molecule has 2 aliphatic heterocycles. The van der Waals surface area contributed by atoms with Crippen LogP contribution in [0.25, 0.3) is 0 Å². The predicted octanol–water partition coefficient (Wildman–Crippen LogP) is 3.58. The lowest BCUT2D eigenvalue weighted by Crippen LogP contribution is -2.50. The van der Waals surface area contributed by atoms with Crippen LogP contribution < -0.4 is 25.6 Å². The molecule has 0 aliphatic carbocycles. The summed E-state index contributed by atoms with van der Waals surface area (Å²) in [6.45, 7) is 2.77. The number of rotatable bonds is 9. The summed E-state index contributed by atoms with van der Waals surface area (Å²) in [5.41, 5.74) is 0.241. The van der Waals surface area contributed by atoms with E-state index in [2.05, 4.69) is 20.9 Å². The Balaban J connectivity index is 1.37. The van der Waals surface area contributed by atoms with Gasteiger partial charge in [0.25, 0.3) is 21.8 Å². The Bertz CT molecular complexity index is 1740. The van der Waals surface area contributed by atoms with E-state index < -0.39 is 51.2 Å². The van der Waals surface area contributed by atoms with Crippen molar-refractivity contribution in [1.29, 1.82) is 0 Å². The standard InChI is InChI=1S/C28H28ClFN6O6S2/c1-31-16-4-6-18-19(14-16)24(25(37)32-10-13-35-11-2-3-12-35)27(39)36(26(18)38)21-7-5-17(15-20(21)30)33-28(40)34-44(41,42)23-9-8-22(29)43-23/h4-9,14-15,24,31H,2-3,10-13H2,1H3,(H,32,37)(H2,33,34,40). The number of benzene rings is 2. The van der Waals surface area contributed by atoms with Crippen LogP contribution in [0.5, 0.6) is 0 Å². The monoisotopic (exact) mass is 662 g/mol. The van der Waals surface area contributed by atoms with Crippen molar-refractivity contribution in [3.05, 3.63) is 69.8 Å². The lowest BCUT2D eigenvalue weighted by Gasteiger charge is -2.32. The first-order valence-corrected chi connectivity index (χ1v) is 16.2. The number of nitrogens with zero attached hydrogens (tertiary/aromatic N) is 2. The molecule has 4 N–H and O–H groups in total. The number of thiophene rings is 1. The Labute approximate surface area is 261 Å². The van der Waals surface area contributed by atoms with E-state index in [1.54, 1.807) is 23.9 Å². The van der Waals surface area contributed by atoms with Crippen molar-refractivity contribution in [1.82, 2.24) is 14.9 Å². The molecule has 0 saturated carbocycles. The number of hydrogen-bond acceptors (Lipinski definition) is 9. The molecule has 12 nitrogen and oxygen atoms in total. The molecule has 1 atom stereocenters. The molecule has 0 radical (unpaired) electrons. The number of fused-ring (bicyclic) bond motifs is 1. The molecule has 44 heavy (non-hydrogen) atoms. The number of anilines is 3. The van der Waals surface area contributed by atoms with Crippen molar-refractivity contribution >= 4 is 73.8 Å². The fourth-order valence-electron chi connectivity index (χ4n) is 5.10. The zero-order chi connectivity index (χ0) is 31.6. The van der Waals surface area contributed by atoms with E-state index in [9.17, 15) is 27.6 Å². The fourth-order valence-corrected chi connectivity index (χ4v) is 7.49. The third-order valence-corrected chi connectivity index (χ3v) is 10.3. The van der Waals surface area contributed by atoms with E-state index >= 15 is 4.39 Å². The van der Waals surface area contributed by atoms with Crippen LogP contribution in [0.2, 0.25) is 4.34 Å². The number of sulfonamides is 1. The van der Waals surface area contributed by atoms with Crippen LogP contribution in [0.15, 0.2) is 52.7 Å². The lowest BCUT2D eigenvalue weighted by atomic mass is 9.86. The summed E-state index contributed by atoms with van der Waals surface area (Å²) in [5, 5.41) is 7.92. The second-order valence-electron chi connectivity index (χ2n) is 10.1. The molecule has 5 rings (SSSR count). The highest BCUT2D eigenvalue weighted by Crippen LogP contribution is 2.36. The van der Waals surface area contributed by atoms with Crippen LogP contribution >= 0.6 is 22.9 Å². The molecule has 1 saturated heterocycles. The zero-order valence-electron chi connectivity index (χ0n) is 23.4. The third kappa shape index (κ3) is 6.55. The normalized spacial score (nSPS) is 16.9. The SMILES string of the molecule is CNc1ccc2c(c1)C(C(=O)NCCN1CCCC1)C(=O)N(c1ccc(NC(=O)NS(=O)(=O)c3ccc(Cl)s3)cc1F)C2=O. The van der Waals surface area contributed by atoms with Crippen molar-refractivity contribution in [3.8, 4) is 0 Å². The Morgan fingerprint density at radius 2 is 1.77 bits per heavy atom. The van der Waals surface area contributed by atoms with Crippen molar-refractivity contribution < 1.29 is 32.0 Å². The van der Waals surface area contributed by atoms with E-state index in [1.165, 1.54) is 24.3 Å². The van der Waals surface area contributed by atoms with Gasteiger partial charge < -0.3 is 20.9 Å². The molecular formula is C28H28ClFN6O6S2. The molecule has 2 aromatic carbocycles. The van der Waals surface area contributed by atoms with E-state index in [0.717, 1.165) is 49.4 Å². The number of nitrogens with one attached hydrogen (secondary N) is 4. The molecule has 1 unspecified atom stereocenters. The second kappa shape index (κ2) is 12.9. The van der Waals surface area contributed by atoms with Gasteiger partial charge in [0, 0.05) is 37.1 Å². The Morgan fingerprint density at radius 3 is 2.43 bits per heavy atom. The molecule has 1 aromatic heterocycles. The summed E-state index contributed by atoms with van der Waals surface area (Å²) in [5.74, 6) is -4.88. The number of hydrogen-bond donors (Lipinski definition) is 4. The second-order valence-corrected chi connectivity index (χ2v) is 13.7. The highest BCUT2D eigenvalue weighted by Gasteiger charge is 2.44. The van der Waals surface area contributed by atoms with Gasteiger partial charge in [0.2, 0.25) is 5.91 Å². The van der Waals surface area contributed by atoms with Crippen LogP contribution in [0.1, 0.15) is 34.7 Å². The van der Waals surface area contributed by atoms with Crippen LogP contribution in [0.4, 0.5) is 26.2 Å². The van der Waals surface area contributed by atoms with Gasteiger partial charge in [0.05, 0.1) is 10.0 Å². The summed E-state index contributed by atoms with van der Waals surface area (Å²) in [6.07, 6.45) is 2.17. The average molecular weight is 663 g/mol. The van der Waals surface area contributed by atoms with Crippen molar-refractivity contribution in [2.24, 2.45) is 0 Å².